The van der Waals surface area contributed by atoms with Gasteiger partial charge in [0.15, 0.2) is 0 Å². The Hall–Kier alpha value is -3.07. The number of nitrogens with zero attached hydrogens (tertiary/aromatic N) is 2. The molecule has 1 aliphatic rings. The second kappa shape index (κ2) is 10.5. The van der Waals surface area contributed by atoms with Gasteiger partial charge in [-0.2, -0.15) is 5.10 Å². The summed E-state index contributed by atoms with van der Waals surface area (Å²) in [6, 6.07) is 11.2. The summed E-state index contributed by atoms with van der Waals surface area (Å²) in [5.74, 6) is 0.245. The van der Waals surface area contributed by atoms with E-state index in [1.165, 1.54) is 26.4 Å². The Morgan fingerprint density at radius 3 is 2.34 bits per heavy atom. The lowest BCUT2D eigenvalue weighted by Gasteiger charge is -2.25. The molecule has 9 heteroatoms. The molecular weight excluding hydrogens is 430 g/mol. The minimum atomic E-state index is -4.06. The van der Waals surface area contributed by atoms with Gasteiger partial charge in [-0.3, -0.25) is 9.10 Å². The molecule has 1 saturated carbocycles. The highest BCUT2D eigenvalue weighted by atomic mass is 32.2. The van der Waals surface area contributed by atoms with E-state index in [1.54, 1.807) is 30.3 Å². The second-order valence-corrected chi connectivity index (χ2v) is 9.50. The molecule has 1 amide bonds. The minimum absolute atomic E-state index is 0.0763. The summed E-state index contributed by atoms with van der Waals surface area (Å²) >= 11 is 0. The predicted molar refractivity (Wildman–Crippen MR) is 124 cm³/mol. The molecule has 0 atom stereocenters. The van der Waals surface area contributed by atoms with E-state index in [0.29, 0.717) is 5.75 Å². The zero-order valence-electron chi connectivity index (χ0n) is 18.6. The number of hydrogen-bond donors (Lipinski definition) is 1. The third-order valence-corrected chi connectivity index (χ3v) is 7.10. The molecule has 2 aromatic rings. The first-order valence-electron chi connectivity index (χ1n) is 10.5. The number of carbonyl (C=O) groups excluding carboxylic acids is 1. The molecule has 0 saturated heterocycles. The molecule has 1 N–H and O–H groups in total. The highest BCUT2D eigenvalue weighted by molar-refractivity contribution is 7.92. The number of amides is 1. The van der Waals surface area contributed by atoms with Crippen molar-refractivity contribution >= 4 is 27.3 Å². The molecule has 0 aromatic heterocycles. The van der Waals surface area contributed by atoms with Crippen molar-refractivity contribution in [2.75, 3.05) is 25.1 Å². The Labute approximate surface area is 189 Å². The van der Waals surface area contributed by atoms with Crippen molar-refractivity contribution in [1.29, 1.82) is 0 Å². The van der Waals surface area contributed by atoms with Gasteiger partial charge in [-0.15, -0.1) is 0 Å². The molecular formula is C23H29N3O5S. The average molecular weight is 460 g/mol. The van der Waals surface area contributed by atoms with Gasteiger partial charge in [0.25, 0.3) is 15.9 Å². The van der Waals surface area contributed by atoms with Gasteiger partial charge in [-0.25, -0.2) is 13.8 Å². The first-order valence-corrected chi connectivity index (χ1v) is 11.9. The Kier molecular flexibility index (Phi) is 7.74. The summed E-state index contributed by atoms with van der Waals surface area (Å²) in [7, 11) is -1.12. The summed E-state index contributed by atoms with van der Waals surface area (Å²) < 4.78 is 38.7. The first-order chi connectivity index (χ1) is 15.3. The van der Waals surface area contributed by atoms with Gasteiger partial charge in [0, 0.05) is 11.8 Å². The number of sulfonamides is 1. The van der Waals surface area contributed by atoms with E-state index >= 15 is 0 Å². The third kappa shape index (κ3) is 5.59. The fraction of sp³-hybridized carbons (Fsp3) is 0.391. The van der Waals surface area contributed by atoms with E-state index in [9.17, 15) is 13.2 Å². The number of benzene rings is 2. The molecule has 0 heterocycles. The molecule has 0 bridgehead atoms. The molecule has 32 heavy (non-hydrogen) atoms. The first kappa shape index (κ1) is 23.6. The third-order valence-electron chi connectivity index (χ3n) is 5.32. The lowest BCUT2D eigenvalue weighted by atomic mass is 9.99. The number of rotatable bonds is 8. The quantitative estimate of drug-likeness (QED) is 0.608. The molecule has 3 rings (SSSR count). The highest BCUT2D eigenvalue weighted by Gasteiger charge is 2.29. The number of nitrogens with one attached hydrogen (secondary N) is 1. The highest BCUT2D eigenvalue weighted by Crippen LogP contribution is 2.35. The van der Waals surface area contributed by atoms with E-state index in [1.807, 2.05) is 6.92 Å². The van der Waals surface area contributed by atoms with E-state index in [0.717, 1.165) is 47.7 Å². The molecule has 0 aliphatic heterocycles. The van der Waals surface area contributed by atoms with Gasteiger partial charge in [-0.1, -0.05) is 24.1 Å². The minimum Gasteiger partial charge on any atom is -0.497 e. The molecule has 0 unspecified atom stereocenters. The molecule has 0 radical (unpaired) electrons. The van der Waals surface area contributed by atoms with Gasteiger partial charge < -0.3 is 9.47 Å². The zero-order chi connectivity index (χ0) is 23.1. The topological polar surface area (TPSA) is 97.3 Å². The summed E-state index contributed by atoms with van der Waals surface area (Å²) in [6.07, 6.45) is 4.94. The van der Waals surface area contributed by atoms with E-state index < -0.39 is 22.5 Å². The van der Waals surface area contributed by atoms with Crippen molar-refractivity contribution in [1.82, 2.24) is 5.43 Å². The molecule has 1 aliphatic carbocycles. The van der Waals surface area contributed by atoms with Crippen LogP contribution in [0.2, 0.25) is 0 Å². The van der Waals surface area contributed by atoms with Gasteiger partial charge in [0.1, 0.15) is 18.0 Å². The fourth-order valence-corrected chi connectivity index (χ4v) is 4.94. The number of anilines is 1. The summed E-state index contributed by atoms with van der Waals surface area (Å²) in [5.41, 5.74) is 4.61. The van der Waals surface area contributed by atoms with Crippen molar-refractivity contribution in [3.63, 3.8) is 0 Å². The van der Waals surface area contributed by atoms with Crippen LogP contribution >= 0.6 is 0 Å². The Morgan fingerprint density at radius 1 is 1.03 bits per heavy atom. The standard InChI is InChI=1S/C23H29N3O5S/c1-17-9-12-20(13-10-17)32(28,29)26(21-14-11-19(30-2)15-22(21)31-3)16-23(27)25-24-18-7-5-4-6-8-18/h9-15H,4-8,16H2,1-3H3,(H,25,27). The Bertz CT molecular complexity index is 1070. The van der Waals surface area contributed by atoms with Crippen LogP contribution in [0.1, 0.15) is 37.7 Å². The summed E-state index contributed by atoms with van der Waals surface area (Å²) in [5, 5.41) is 4.21. The maximum atomic E-state index is 13.5. The number of hydrogen-bond acceptors (Lipinski definition) is 6. The lowest BCUT2D eigenvalue weighted by Crippen LogP contribution is -2.40. The molecule has 0 spiro atoms. The van der Waals surface area contributed by atoms with Gasteiger partial charge in [0.2, 0.25) is 0 Å². The monoisotopic (exact) mass is 459 g/mol. The summed E-state index contributed by atoms with van der Waals surface area (Å²) in [4.78, 5) is 12.8. The number of ether oxygens (including phenoxy) is 2. The Morgan fingerprint density at radius 2 is 1.72 bits per heavy atom. The lowest BCUT2D eigenvalue weighted by molar-refractivity contribution is -0.119. The van der Waals surface area contributed by atoms with Crippen LogP contribution in [-0.2, 0) is 14.8 Å². The van der Waals surface area contributed by atoms with E-state index in [2.05, 4.69) is 10.5 Å². The zero-order valence-corrected chi connectivity index (χ0v) is 19.4. The van der Waals surface area contributed by atoms with Crippen LogP contribution in [0.4, 0.5) is 5.69 Å². The van der Waals surface area contributed by atoms with E-state index in [-0.39, 0.29) is 16.3 Å². The van der Waals surface area contributed by atoms with Crippen molar-refractivity contribution in [2.24, 2.45) is 5.10 Å². The predicted octanol–water partition coefficient (Wildman–Crippen LogP) is 3.64. The van der Waals surface area contributed by atoms with Crippen LogP contribution in [0, 0.1) is 6.92 Å². The van der Waals surface area contributed by atoms with E-state index in [4.69, 9.17) is 9.47 Å². The van der Waals surface area contributed by atoms with Gasteiger partial charge in [-0.05, 0) is 56.9 Å². The Balaban J connectivity index is 1.96. The van der Waals surface area contributed by atoms with Crippen molar-refractivity contribution in [3.8, 4) is 11.5 Å². The number of methoxy groups -OCH3 is 2. The van der Waals surface area contributed by atoms with Crippen LogP contribution < -0.4 is 19.2 Å². The largest absolute Gasteiger partial charge is 0.497 e. The van der Waals surface area contributed by atoms with Crippen LogP contribution in [0.5, 0.6) is 11.5 Å². The van der Waals surface area contributed by atoms with Crippen molar-refractivity contribution < 1.29 is 22.7 Å². The fourth-order valence-electron chi connectivity index (χ4n) is 3.51. The van der Waals surface area contributed by atoms with Crippen LogP contribution in [0.25, 0.3) is 0 Å². The number of hydrazone groups is 1. The molecule has 2 aromatic carbocycles. The maximum absolute atomic E-state index is 13.5. The van der Waals surface area contributed by atoms with Crippen LogP contribution in [-0.4, -0.2) is 40.8 Å². The van der Waals surface area contributed by atoms with Crippen molar-refractivity contribution in [2.45, 2.75) is 43.9 Å². The average Bonchev–Trinajstić information content (AvgIpc) is 2.81. The number of aryl methyl sites for hydroxylation is 1. The SMILES string of the molecule is COc1ccc(N(CC(=O)NN=C2CCCCC2)S(=O)(=O)c2ccc(C)cc2)c(OC)c1. The normalized spacial score (nSPS) is 13.9. The molecule has 1 fully saturated rings. The molecule has 172 valence electrons. The smallest absolute Gasteiger partial charge is 0.264 e. The number of carbonyl (C=O) groups is 1. The second-order valence-electron chi connectivity index (χ2n) is 7.64. The van der Waals surface area contributed by atoms with Crippen LogP contribution in [0.15, 0.2) is 52.5 Å². The van der Waals surface area contributed by atoms with Gasteiger partial charge in [0.05, 0.1) is 24.8 Å². The van der Waals surface area contributed by atoms with Crippen LogP contribution in [0.3, 0.4) is 0 Å². The maximum Gasteiger partial charge on any atom is 0.264 e. The van der Waals surface area contributed by atoms with Gasteiger partial charge >= 0.3 is 0 Å². The van der Waals surface area contributed by atoms with Crippen molar-refractivity contribution in [3.05, 3.63) is 48.0 Å². The molecule has 8 nitrogen and oxygen atoms in total. The summed E-state index contributed by atoms with van der Waals surface area (Å²) in [6.45, 7) is 1.42.